The van der Waals surface area contributed by atoms with Crippen LogP contribution in [0.4, 0.5) is 10.5 Å². The number of urea groups is 1. The Labute approximate surface area is 136 Å². The van der Waals surface area contributed by atoms with Crippen LogP contribution in [-0.2, 0) is 4.79 Å². The minimum absolute atomic E-state index is 0.230. The molecule has 0 aliphatic carbocycles. The Bertz CT molecular complexity index is 500. The molecule has 0 bridgehead atoms. The average molecular weight is 320 g/mol. The molecule has 23 heavy (non-hydrogen) atoms. The summed E-state index contributed by atoms with van der Waals surface area (Å²) < 4.78 is 0. The first-order chi connectivity index (χ1) is 11.2. The lowest BCUT2D eigenvalue weighted by atomic mass is 10.1. The van der Waals surface area contributed by atoms with E-state index in [-0.39, 0.29) is 5.91 Å². The highest BCUT2D eigenvalue weighted by atomic mass is 16.2. The van der Waals surface area contributed by atoms with E-state index in [9.17, 15) is 9.59 Å². The molecule has 0 radical (unpaired) electrons. The lowest BCUT2D eigenvalue weighted by Crippen LogP contribution is -2.48. The second kappa shape index (κ2) is 8.97. The number of nitrogens with two attached hydrogens (primary N) is 1. The Morgan fingerprint density at radius 2 is 1.78 bits per heavy atom. The predicted molar refractivity (Wildman–Crippen MR) is 87.8 cm³/mol. The summed E-state index contributed by atoms with van der Waals surface area (Å²) in [5.74, 6) is 0.230. The second-order valence-electron chi connectivity index (χ2n) is 5.73. The van der Waals surface area contributed by atoms with Gasteiger partial charge in [0.15, 0.2) is 12.4 Å². The van der Waals surface area contributed by atoms with Crippen LogP contribution in [0.25, 0.3) is 0 Å². The van der Waals surface area contributed by atoms with Crippen molar-refractivity contribution >= 4 is 17.6 Å². The van der Waals surface area contributed by atoms with Crippen LogP contribution in [0.1, 0.15) is 25.7 Å². The first-order valence-corrected chi connectivity index (χ1v) is 8.19. The highest BCUT2D eigenvalue weighted by Gasteiger charge is 2.20. The first kappa shape index (κ1) is 17.1. The van der Waals surface area contributed by atoms with E-state index < -0.39 is 6.03 Å². The zero-order valence-corrected chi connectivity index (χ0v) is 13.5. The second-order valence-corrected chi connectivity index (χ2v) is 5.73. The van der Waals surface area contributed by atoms with E-state index in [1.165, 1.54) is 5.69 Å². The smallest absolute Gasteiger partial charge is 0.312 e. The van der Waals surface area contributed by atoms with Crippen LogP contribution in [-0.4, -0.2) is 49.6 Å². The lowest BCUT2D eigenvalue weighted by Gasteiger charge is -2.35. The molecular weight excluding hydrogens is 294 g/mol. The van der Waals surface area contributed by atoms with Crippen molar-refractivity contribution in [3.8, 4) is 0 Å². The number of aromatic nitrogens is 1. The highest BCUT2D eigenvalue weighted by Crippen LogP contribution is 2.15. The third-order valence-corrected chi connectivity index (χ3v) is 4.06. The van der Waals surface area contributed by atoms with Gasteiger partial charge >= 0.3 is 6.03 Å². The standard InChI is InChI=1S/C16H25N5O2/c17-16(23)19-7-3-1-2-4-15(22)21-12-10-20(11-13-21)14-5-8-18-9-6-14/h5-6,8-9H,1-4,7,10-13H2,(H3,17,19,23)/p+1. The Hall–Kier alpha value is -2.31. The Morgan fingerprint density at radius 3 is 2.43 bits per heavy atom. The molecule has 0 spiro atoms. The zero-order chi connectivity index (χ0) is 16.5. The Kier molecular flexibility index (Phi) is 6.65. The molecule has 126 valence electrons. The van der Waals surface area contributed by atoms with Crippen molar-refractivity contribution in [1.29, 1.82) is 0 Å². The predicted octanol–water partition coefficient (Wildman–Crippen LogP) is 0.378. The van der Waals surface area contributed by atoms with E-state index in [0.29, 0.717) is 13.0 Å². The largest absolute Gasteiger partial charge is 0.368 e. The third-order valence-electron chi connectivity index (χ3n) is 4.06. The topological polar surface area (TPSA) is 92.8 Å². The zero-order valence-electron chi connectivity index (χ0n) is 13.5. The van der Waals surface area contributed by atoms with Crippen molar-refractivity contribution in [2.45, 2.75) is 25.7 Å². The fraction of sp³-hybridized carbons (Fsp3) is 0.562. The Morgan fingerprint density at radius 1 is 1.09 bits per heavy atom. The molecule has 1 fully saturated rings. The molecule has 7 nitrogen and oxygen atoms in total. The van der Waals surface area contributed by atoms with Crippen LogP contribution in [0.3, 0.4) is 0 Å². The average Bonchev–Trinajstić information content (AvgIpc) is 2.58. The van der Waals surface area contributed by atoms with Gasteiger partial charge in [-0.2, -0.15) is 0 Å². The van der Waals surface area contributed by atoms with Gasteiger partial charge in [0.05, 0.1) is 0 Å². The summed E-state index contributed by atoms with van der Waals surface area (Å²) in [5, 5.41) is 2.55. The van der Waals surface area contributed by atoms with E-state index in [2.05, 4.69) is 27.3 Å². The van der Waals surface area contributed by atoms with Gasteiger partial charge in [-0.3, -0.25) is 4.79 Å². The summed E-state index contributed by atoms with van der Waals surface area (Å²) in [6.45, 7) is 3.88. The molecule has 4 N–H and O–H groups in total. The molecule has 1 aliphatic rings. The highest BCUT2D eigenvalue weighted by molar-refractivity contribution is 5.76. The fourth-order valence-electron chi connectivity index (χ4n) is 2.75. The van der Waals surface area contributed by atoms with Crippen LogP contribution >= 0.6 is 0 Å². The number of nitrogens with zero attached hydrogens (tertiary/aromatic N) is 2. The number of piperazine rings is 1. The van der Waals surface area contributed by atoms with Crippen LogP contribution in [0, 0.1) is 0 Å². The van der Waals surface area contributed by atoms with Gasteiger partial charge in [-0.15, -0.1) is 0 Å². The number of hydrogen-bond acceptors (Lipinski definition) is 3. The van der Waals surface area contributed by atoms with Gasteiger partial charge in [0.1, 0.15) is 0 Å². The van der Waals surface area contributed by atoms with Crippen LogP contribution in [0.2, 0.25) is 0 Å². The Balaban J connectivity index is 1.61. The lowest BCUT2D eigenvalue weighted by molar-refractivity contribution is -0.377. The van der Waals surface area contributed by atoms with Gasteiger partial charge in [0.2, 0.25) is 5.91 Å². The van der Waals surface area contributed by atoms with E-state index in [1.54, 1.807) is 0 Å². The van der Waals surface area contributed by atoms with Crippen LogP contribution in [0.15, 0.2) is 24.5 Å². The summed E-state index contributed by atoms with van der Waals surface area (Å²) >= 11 is 0. The SMILES string of the molecule is NC(=O)NCCCCCC(=O)N1CCN(c2cc[nH+]cc2)CC1. The molecule has 0 aromatic carbocycles. The van der Waals surface area contributed by atoms with E-state index in [4.69, 9.17) is 5.73 Å². The van der Waals surface area contributed by atoms with Crippen molar-refractivity contribution in [2.75, 3.05) is 37.6 Å². The number of primary amides is 1. The molecule has 1 saturated heterocycles. The molecule has 3 amide bonds. The molecule has 0 saturated carbocycles. The summed E-state index contributed by atoms with van der Waals surface area (Å²) in [4.78, 5) is 30.0. The van der Waals surface area contributed by atoms with Gasteiger partial charge in [0.25, 0.3) is 0 Å². The van der Waals surface area contributed by atoms with Gasteiger partial charge in [-0.05, 0) is 12.8 Å². The number of rotatable bonds is 7. The number of aromatic amines is 1. The molecule has 2 heterocycles. The number of carbonyl (C=O) groups excluding carboxylic acids is 2. The molecule has 2 rings (SSSR count). The number of pyridine rings is 1. The van der Waals surface area contributed by atoms with Gasteiger partial charge in [-0.25, -0.2) is 9.78 Å². The molecule has 7 heteroatoms. The molecule has 1 aliphatic heterocycles. The minimum atomic E-state index is -0.491. The number of hydrogen-bond donors (Lipinski definition) is 2. The molecule has 0 atom stereocenters. The molecular formula is C16H26N5O2+. The molecule has 1 aromatic heterocycles. The number of nitrogens with one attached hydrogen (secondary N) is 2. The summed E-state index contributed by atoms with van der Waals surface area (Å²) in [6, 6.07) is 3.62. The van der Waals surface area contributed by atoms with Crippen molar-refractivity contribution in [3.63, 3.8) is 0 Å². The summed E-state index contributed by atoms with van der Waals surface area (Å²) in [5.41, 5.74) is 6.18. The maximum Gasteiger partial charge on any atom is 0.312 e. The monoisotopic (exact) mass is 320 g/mol. The van der Waals surface area contributed by atoms with Crippen molar-refractivity contribution < 1.29 is 14.6 Å². The summed E-state index contributed by atoms with van der Waals surface area (Å²) in [7, 11) is 0. The fourth-order valence-corrected chi connectivity index (χ4v) is 2.75. The van der Waals surface area contributed by atoms with Gasteiger partial charge < -0.3 is 20.9 Å². The minimum Gasteiger partial charge on any atom is -0.368 e. The number of H-pyrrole nitrogens is 1. The van der Waals surface area contributed by atoms with Crippen molar-refractivity contribution in [3.05, 3.63) is 24.5 Å². The molecule has 1 aromatic rings. The number of amides is 3. The first-order valence-electron chi connectivity index (χ1n) is 8.19. The van der Waals surface area contributed by atoms with Crippen molar-refractivity contribution in [2.24, 2.45) is 5.73 Å². The normalized spacial score (nSPS) is 14.6. The van der Waals surface area contributed by atoms with E-state index in [0.717, 1.165) is 45.4 Å². The molecule has 0 unspecified atom stereocenters. The third kappa shape index (κ3) is 5.77. The number of anilines is 1. The number of unbranched alkanes of at least 4 members (excludes halogenated alkanes) is 2. The van der Waals surface area contributed by atoms with E-state index >= 15 is 0 Å². The quantitative estimate of drug-likeness (QED) is 0.711. The van der Waals surface area contributed by atoms with Gasteiger partial charge in [-0.1, -0.05) is 6.42 Å². The van der Waals surface area contributed by atoms with Crippen molar-refractivity contribution in [1.82, 2.24) is 10.2 Å². The van der Waals surface area contributed by atoms with Gasteiger partial charge in [0, 0.05) is 57.0 Å². The van der Waals surface area contributed by atoms with Crippen LogP contribution in [0.5, 0.6) is 0 Å². The maximum absolute atomic E-state index is 12.2. The van der Waals surface area contributed by atoms with Crippen LogP contribution < -0.4 is 20.9 Å². The number of carbonyl (C=O) groups is 2. The maximum atomic E-state index is 12.2. The summed E-state index contributed by atoms with van der Waals surface area (Å²) in [6.07, 6.45) is 7.05. The van der Waals surface area contributed by atoms with E-state index in [1.807, 2.05) is 17.3 Å².